The molecule has 0 N–H and O–H groups in total. The second-order valence-electron chi connectivity index (χ2n) is 2.48. The molecule has 0 aromatic rings. The Kier molecular flexibility index (Phi) is 5.44. The van der Waals surface area contributed by atoms with Gasteiger partial charge in [-0.3, -0.25) is 4.99 Å². The summed E-state index contributed by atoms with van der Waals surface area (Å²) in [6, 6.07) is 0. The fourth-order valence-electron chi connectivity index (χ4n) is 0.581. The molecule has 0 amide bonds. The Balaban J connectivity index is 4.11. The van der Waals surface area contributed by atoms with E-state index in [1.165, 1.54) is 5.57 Å². The van der Waals surface area contributed by atoms with Gasteiger partial charge in [0.1, 0.15) is 0 Å². The minimum atomic E-state index is 1.05. The minimum absolute atomic E-state index is 1.05. The molecule has 0 aliphatic carbocycles. The number of hydrogen-bond donors (Lipinski definition) is 0. The van der Waals surface area contributed by atoms with Crippen LogP contribution in [-0.4, -0.2) is 5.71 Å². The highest BCUT2D eigenvalue weighted by molar-refractivity contribution is 5.97. The maximum Gasteiger partial charge on any atom is 0.0398 e. The van der Waals surface area contributed by atoms with Crippen molar-refractivity contribution in [1.82, 2.24) is 0 Å². The summed E-state index contributed by atoms with van der Waals surface area (Å²) in [7, 11) is 0. The van der Waals surface area contributed by atoms with E-state index >= 15 is 0 Å². The third-order valence-electron chi connectivity index (χ3n) is 1.61. The second-order valence-corrected chi connectivity index (χ2v) is 2.48. The Morgan fingerprint density at radius 3 is 2.45 bits per heavy atom. The monoisotopic (exact) mass is 151 g/mol. The predicted molar refractivity (Wildman–Crippen MR) is 52.0 cm³/mol. The molecule has 0 aromatic heterocycles. The Morgan fingerprint density at radius 1 is 1.36 bits per heavy atom. The number of allylic oxidation sites excluding steroid dienone is 3. The summed E-state index contributed by atoms with van der Waals surface area (Å²) >= 11 is 0. The van der Waals surface area contributed by atoms with Crippen molar-refractivity contribution >= 4 is 5.71 Å². The van der Waals surface area contributed by atoms with Gasteiger partial charge in [-0.1, -0.05) is 19.1 Å². The summed E-state index contributed by atoms with van der Waals surface area (Å²) in [5, 5.41) is 0. The van der Waals surface area contributed by atoms with E-state index in [-0.39, 0.29) is 0 Å². The summed E-state index contributed by atoms with van der Waals surface area (Å²) in [4.78, 5) is 4.25. The van der Waals surface area contributed by atoms with Crippen LogP contribution in [-0.2, 0) is 0 Å². The van der Waals surface area contributed by atoms with Gasteiger partial charge in [0, 0.05) is 11.9 Å². The molecule has 62 valence electrons. The van der Waals surface area contributed by atoms with Crippen LogP contribution in [0.4, 0.5) is 0 Å². The van der Waals surface area contributed by atoms with Crippen molar-refractivity contribution in [3.63, 3.8) is 0 Å². The van der Waals surface area contributed by atoms with Crippen LogP contribution in [0.1, 0.15) is 34.1 Å². The van der Waals surface area contributed by atoms with Crippen LogP contribution in [0.5, 0.6) is 0 Å². The van der Waals surface area contributed by atoms with E-state index in [9.17, 15) is 0 Å². The van der Waals surface area contributed by atoms with Crippen molar-refractivity contribution < 1.29 is 0 Å². The quantitative estimate of drug-likeness (QED) is 0.548. The lowest BCUT2D eigenvalue weighted by Gasteiger charge is -1.95. The molecule has 0 saturated carbocycles. The first kappa shape index (κ1) is 10.2. The topological polar surface area (TPSA) is 12.4 Å². The van der Waals surface area contributed by atoms with Gasteiger partial charge in [0.25, 0.3) is 0 Å². The molecule has 0 aliphatic rings. The summed E-state index contributed by atoms with van der Waals surface area (Å²) < 4.78 is 0. The fraction of sp³-hybridized carbons (Fsp3) is 0.500. The maximum atomic E-state index is 4.25. The zero-order valence-corrected chi connectivity index (χ0v) is 7.89. The van der Waals surface area contributed by atoms with E-state index < -0.39 is 0 Å². The van der Waals surface area contributed by atoms with Gasteiger partial charge in [0.15, 0.2) is 0 Å². The Morgan fingerprint density at radius 2 is 2.00 bits per heavy atom. The van der Waals surface area contributed by atoms with E-state index in [0.29, 0.717) is 0 Å². The summed E-state index contributed by atoms with van der Waals surface area (Å²) in [5.41, 5.74) is 2.34. The first-order valence-corrected chi connectivity index (χ1v) is 4.05. The third kappa shape index (κ3) is 4.54. The van der Waals surface area contributed by atoms with Gasteiger partial charge in [-0.25, -0.2) is 0 Å². The molecule has 0 saturated heterocycles. The number of aliphatic imine (C=N–C) groups is 1. The van der Waals surface area contributed by atoms with Crippen molar-refractivity contribution in [1.29, 1.82) is 0 Å². The van der Waals surface area contributed by atoms with Crippen LogP contribution < -0.4 is 0 Å². The van der Waals surface area contributed by atoms with E-state index in [2.05, 4.69) is 24.9 Å². The van der Waals surface area contributed by atoms with Crippen molar-refractivity contribution in [2.45, 2.75) is 34.1 Å². The summed E-state index contributed by atoms with van der Waals surface area (Å²) in [6.07, 6.45) is 7.03. The molecule has 0 bridgehead atoms. The number of rotatable bonds is 3. The standard InChI is InChI=1S/C10H17N/c1-5-7-8-11-10(4)9(3)6-2/h6-8H,5H2,1-4H3/b8-7-,9-6-,11-10-. The van der Waals surface area contributed by atoms with Crippen LogP contribution in [0, 0.1) is 0 Å². The third-order valence-corrected chi connectivity index (χ3v) is 1.61. The van der Waals surface area contributed by atoms with Gasteiger partial charge < -0.3 is 0 Å². The smallest absolute Gasteiger partial charge is 0.0398 e. The molecule has 0 aromatic carbocycles. The first-order valence-electron chi connectivity index (χ1n) is 4.05. The van der Waals surface area contributed by atoms with E-state index in [1.807, 2.05) is 26.1 Å². The zero-order chi connectivity index (χ0) is 8.69. The van der Waals surface area contributed by atoms with Crippen LogP contribution >= 0.6 is 0 Å². The first-order chi connectivity index (χ1) is 5.22. The molecule has 0 fully saturated rings. The fourth-order valence-corrected chi connectivity index (χ4v) is 0.581. The number of hydrogen-bond acceptors (Lipinski definition) is 1. The van der Waals surface area contributed by atoms with E-state index in [1.54, 1.807) is 0 Å². The molecular weight excluding hydrogens is 134 g/mol. The van der Waals surface area contributed by atoms with E-state index in [0.717, 1.165) is 12.1 Å². The highest BCUT2D eigenvalue weighted by atomic mass is 14.7. The molecule has 1 nitrogen and oxygen atoms in total. The second kappa shape index (κ2) is 5.90. The average Bonchev–Trinajstić information content (AvgIpc) is 2.03. The molecule has 1 heteroatoms. The van der Waals surface area contributed by atoms with Crippen LogP contribution in [0.15, 0.2) is 28.9 Å². The predicted octanol–water partition coefficient (Wildman–Crippen LogP) is 3.34. The van der Waals surface area contributed by atoms with Crippen molar-refractivity contribution in [2.24, 2.45) is 4.99 Å². The van der Waals surface area contributed by atoms with Crippen molar-refractivity contribution in [3.8, 4) is 0 Å². The average molecular weight is 151 g/mol. The highest BCUT2D eigenvalue weighted by Crippen LogP contribution is 1.96. The lowest BCUT2D eigenvalue weighted by molar-refractivity contribution is 1.21. The Labute approximate surface area is 69.5 Å². The van der Waals surface area contributed by atoms with E-state index in [4.69, 9.17) is 0 Å². The van der Waals surface area contributed by atoms with Gasteiger partial charge in [0.05, 0.1) is 0 Å². The molecular formula is C10H17N. The SMILES string of the molecule is C\C=C(C)/C(C)=N\C=C/CC. The van der Waals surface area contributed by atoms with Crippen LogP contribution in [0.3, 0.4) is 0 Å². The van der Waals surface area contributed by atoms with Crippen LogP contribution in [0.2, 0.25) is 0 Å². The molecule has 0 heterocycles. The normalized spacial score (nSPS) is 14.5. The molecule has 0 unspecified atom stereocenters. The van der Waals surface area contributed by atoms with Gasteiger partial charge in [-0.15, -0.1) is 0 Å². The molecule has 0 atom stereocenters. The molecule has 11 heavy (non-hydrogen) atoms. The van der Waals surface area contributed by atoms with Crippen molar-refractivity contribution in [2.75, 3.05) is 0 Å². The van der Waals surface area contributed by atoms with Crippen molar-refractivity contribution in [3.05, 3.63) is 23.9 Å². The largest absolute Gasteiger partial charge is 0.262 e. The minimum Gasteiger partial charge on any atom is -0.262 e. The molecule has 0 spiro atoms. The number of nitrogens with zero attached hydrogens (tertiary/aromatic N) is 1. The summed E-state index contributed by atoms with van der Waals surface area (Å²) in [5.74, 6) is 0. The lowest BCUT2D eigenvalue weighted by Crippen LogP contribution is -1.90. The maximum absolute atomic E-state index is 4.25. The highest BCUT2D eigenvalue weighted by Gasteiger charge is 1.88. The van der Waals surface area contributed by atoms with Gasteiger partial charge in [0.2, 0.25) is 0 Å². The Bertz CT molecular complexity index is 185. The van der Waals surface area contributed by atoms with Crippen LogP contribution in [0.25, 0.3) is 0 Å². The summed E-state index contributed by atoms with van der Waals surface area (Å²) in [6.45, 7) is 8.22. The lowest BCUT2D eigenvalue weighted by atomic mass is 10.2. The molecule has 0 rings (SSSR count). The zero-order valence-electron chi connectivity index (χ0n) is 7.89. The molecule has 0 aliphatic heterocycles. The Hall–Kier alpha value is -0.850. The van der Waals surface area contributed by atoms with Gasteiger partial charge in [-0.05, 0) is 32.8 Å². The van der Waals surface area contributed by atoms with Gasteiger partial charge >= 0.3 is 0 Å². The van der Waals surface area contributed by atoms with Gasteiger partial charge in [-0.2, -0.15) is 0 Å². The molecule has 0 radical (unpaired) electrons.